The fourth-order valence-corrected chi connectivity index (χ4v) is 2.19. The average Bonchev–Trinajstić information content (AvgIpc) is 2.88. The Hall–Kier alpha value is -0.0400. The third-order valence-electron chi connectivity index (χ3n) is 3.19. The van der Waals surface area contributed by atoms with Crippen LogP contribution in [0, 0.1) is 5.92 Å². The van der Waals surface area contributed by atoms with Gasteiger partial charge in [0.2, 0.25) is 0 Å². The summed E-state index contributed by atoms with van der Waals surface area (Å²) in [6, 6.07) is 1.45. The van der Waals surface area contributed by atoms with Crippen LogP contribution in [0.25, 0.3) is 0 Å². The molecule has 1 aliphatic rings. The smallest absolute Gasteiger partial charge is 0.00438 e. The van der Waals surface area contributed by atoms with E-state index in [-0.39, 0.29) is 0 Å². The number of hydrogen-bond donors (Lipinski definition) is 1. The van der Waals surface area contributed by atoms with Crippen LogP contribution in [-0.2, 0) is 0 Å². The van der Waals surface area contributed by atoms with Crippen molar-refractivity contribution in [1.29, 1.82) is 0 Å². The second kappa shape index (κ2) is 6.44. The zero-order valence-corrected chi connectivity index (χ0v) is 10.2. The van der Waals surface area contributed by atoms with Crippen LogP contribution in [0.2, 0.25) is 0 Å². The van der Waals surface area contributed by atoms with Gasteiger partial charge < -0.3 is 5.32 Å². The Bertz CT molecular complexity index is 140. The van der Waals surface area contributed by atoms with Gasteiger partial charge in [0.05, 0.1) is 0 Å². The highest BCUT2D eigenvalue weighted by molar-refractivity contribution is 4.79. The van der Waals surface area contributed by atoms with Crippen molar-refractivity contribution in [3.05, 3.63) is 0 Å². The highest BCUT2D eigenvalue weighted by atomic mass is 14.9. The molecule has 1 aliphatic carbocycles. The number of nitrogens with one attached hydrogen (secondary N) is 1. The first-order chi connectivity index (χ1) is 6.72. The first kappa shape index (κ1) is 12.0. The molecule has 1 rings (SSSR count). The molecule has 0 saturated heterocycles. The van der Waals surface area contributed by atoms with E-state index in [0.29, 0.717) is 0 Å². The lowest BCUT2D eigenvalue weighted by atomic mass is 10.1. The maximum Gasteiger partial charge on any atom is 0.00438 e. The van der Waals surface area contributed by atoms with Gasteiger partial charge in [-0.2, -0.15) is 0 Å². The molecule has 1 N–H and O–H groups in total. The summed E-state index contributed by atoms with van der Waals surface area (Å²) in [4.78, 5) is 0. The fraction of sp³-hybridized carbons (Fsp3) is 1.00. The van der Waals surface area contributed by atoms with Crippen molar-refractivity contribution in [3.8, 4) is 0 Å². The maximum atomic E-state index is 3.71. The predicted molar refractivity (Wildman–Crippen MR) is 63.5 cm³/mol. The van der Waals surface area contributed by atoms with Crippen molar-refractivity contribution in [1.82, 2.24) is 5.32 Å². The van der Waals surface area contributed by atoms with Crippen molar-refractivity contribution in [2.75, 3.05) is 0 Å². The monoisotopic (exact) mass is 197 g/mol. The molecule has 0 aliphatic heterocycles. The molecule has 0 aromatic heterocycles. The maximum absolute atomic E-state index is 3.71. The van der Waals surface area contributed by atoms with Crippen LogP contribution < -0.4 is 5.32 Å². The van der Waals surface area contributed by atoms with E-state index in [1.807, 2.05) is 0 Å². The van der Waals surface area contributed by atoms with Gasteiger partial charge in [-0.25, -0.2) is 0 Å². The summed E-state index contributed by atoms with van der Waals surface area (Å²) >= 11 is 0. The van der Waals surface area contributed by atoms with Gasteiger partial charge in [0.15, 0.2) is 0 Å². The molecule has 0 aromatic rings. The lowest BCUT2D eigenvalue weighted by Gasteiger charge is -2.19. The highest BCUT2D eigenvalue weighted by Crippen LogP contribution is 2.33. The van der Waals surface area contributed by atoms with Gasteiger partial charge in [0, 0.05) is 12.1 Å². The van der Waals surface area contributed by atoms with Crippen LogP contribution in [0.5, 0.6) is 0 Å². The molecule has 0 bridgehead atoms. The first-order valence-corrected chi connectivity index (χ1v) is 6.48. The van der Waals surface area contributed by atoms with E-state index < -0.39 is 0 Å². The van der Waals surface area contributed by atoms with E-state index in [0.717, 1.165) is 18.0 Å². The largest absolute Gasteiger partial charge is 0.312 e. The standard InChI is InChI=1S/C13H27N/c1-4-5-6-7-11(2)14-12(3)10-13-8-9-13/h11-14H,4-10H2,1-3H3. The summed E-state index contributed by atoms with van der Waals surface area (Å²) in [6.07, 6.45) is 9.83. The molecular formula is C13H27N. The minimum atomic E-state index is 0.718. The van der Waals surface area contributed by atoms with Crippen molar-refractivity contribution in [2.45, 2.75) is 77.8 Å². The molecule has 1 saturated carbocycles. The van der Waals surface area contributed by atoms with Gasteiger partial charge in [-0.15, -0.1) is 0 Å². The summed E-state index contributed by atoms with van der Waals surface area (Å²) in [6.45, 7) is 6.95. The molecule has 0 aromatic carbocycles. The lowest BCUT2D eigenvalue weighted by molar-refractivity contribution is 0.405. The van der Waals surface area contributed by atoms with Crippen LogP contribution in [0.3, 0.4) is 0 Å². The van der Waals surface area contributed by atoms with Crippen molar-refractivity contribution in [2.24, 2.45) is 5.92 Å². The highest BCUT2D eigenvalue weighted by Gasteiger charge is 2.23. The molecule has 1 nitrogen and oxygen atoms in total. The molecule has 14 heavy (non-hydrogen) atoms. The Morgan fingerprint density at radius 3 is 2.43 bits per heavy atom. The topological polar surface area (TPSA) is 12.0 Å². The minimum Gasteiger partial charge on any atom is -0.312 e. The molecule has 1 fully saturated rings. The molecule has 0 amide bonds. The van der Waals surface area contributed by atoms with Crippen molar-refractivity contribution < 1.29 is 0 Å². The number of hydrogen-bond acceptors (Lipinski definition) is 1. The minimum absolute atomic E-state index is 0.718. The van der Waals surface area contributed by atoms with E-state index in [4.69, 9.17) is 0 Å². The van der Waals surface area contributed by atoms with E-state index in [9.17, 15) is 0 Å². The van der Waals surface area contributed by atoms with Gasteiger partial charge in [-0.1, -0.05) is 39.0 Å². The molecule has 0 heterocycles. The normalized spacial score (nSPS) is 20.8. The Labute approximate surface area is 89.7 Å². The quantitative estimate of drug-likeness (QED) is 0.585. The van der Waals surface area contributed by atoms with E-state index >= 15 is 0 Å². The van der Waals surface area contributed by atoms with E-state index in [2.05, 4.69) is 26.1 Å². The molecule has 84 valence electrons. The second-order valence-corrected chi connectivity index (χ2v) is 5.14. The van der Waals surface area contributed by atoms with Crippen LogP contribution >= 0.6 is 0 Å². The number of unbranched alkanes of at least 4 members (excludes halogenated alkanes) is 2. The van der Waals surface area contributed by atoms with Crippen molar-refractivity contribution >= 4 is 0 Å². The summed E-state index contributed by atoms with van der Waals surface area (Å²) in [5.74, 6) is 1.06. The zero-order valence-electron chi connectivity index (χ0n) is 10.2. The predicted octanol–water partition coefficient (Wildman–Crippen LogP) is 3.73. The third-order valence-corrected chi connectivity index (χ3v) is 3.19. The molecule has 0 spiro atoms. The Kier molecular flexibility index (Phi) is 5.54. The van der Waals surface area contributed by atoms with Gasteiger partial charge >= 0.3 is 0 Å². The lowest BCUT2D eigenvalue weighted by Crippen LogP contribution is -2.34. The molecule has 0 radical (unpaired) electrons. The van der Waals surface area contributed by atoms with Crippen LogP contribution in [0.15, 0.2) is 0 Å². The van der Waals surface area contributed by atoms with E-state index in [1.54, 1.807) is 0 Å². The van der Waals surface area contributed by atoms with Gasteiger partial charge in [0.1, 0.15) is 0 Å². The van der Waals surface area contributed by atoms with Crippen LogP contribution in [-0.4, -0.2) is 12.1 Å². The molecule has 2 unspecified atom stereocenters. The number of rotatable bonds is 8. The Balaban J connectivity index is 1.96. The summed E-state index contributed by atoms with van der Waals surface area (Å²) in [7, 11) is 0. The average molecular weight is 197 g/mol. The Morgan fingerprint density at radius 2 is 1.86 bits per heavy atom. The molecule has 2 atom stereocenters. The SMILES string of the molecule is CCCCCC(C)NC(C)CC1CC1. The second-order valence-electron chi connectivity index (χ2n) is 5.14. The van der Waals surface area contributed by atoms with Crippen LogP contribution in [0.4, 0.5) is 0 Å². The molecule has 1 heteroatoms. The third kappa shape index (κ3) is 5.64. The summed E-state index contributed by atoms with van der Waals surface area (Å²) in [5, 5.41) is 3.71. The van der Waals surface area contributed by atoms with Gasteiger partial charge in [0.25, 0.3) is 0 Å². The summed E-state index contributed by atoms with van der Waals surface area (Å²) < 4.78 is 0. The van der Waals surface area contributed by atoms with Crippen LogP contribution in [0.1, 0.15) is 65.7 Å². The van der Waals surface area contributed by atoms with E-state index in [1.165, 1.54) is 44.9 Å². The molecular weight excluding hydrogens is 170 g/mol. The Morgan fingerprint density at radius 1 is 1.14 bits per heavy atom. The first-order valence-electron chi connectivity index (χ1n) is 6.48. The fourth-order valence-electron chi connectivity index (χ4n) is 2.19. The van der Waals surface area contributed by atoms with Gasteiger partial charge in [-0.3, -0.25) is 0 Å². The van der Waals surface area contributed by atoms with Gasteiger partial charge in [-0.05, 0) is 32.6 Å². The zero-order chi connectivity index (χ0) is 10.4. The summed E-state index contributed by atoms with van der Waals surface area (Å²) in [5.41, 5.74) is 0. The van der Waals surface area contributed by atoms with Crippen molar-refractivity contribution in [3.63, 3.8) is 0 Å².